The molecule has 0 aliphatic rings. The van der Waals surface area contributed by atoms with E-state index < -0.39 is 30.3 Å². The largest absolute Gasteiger partial charge is 0.477 e. The molecule has 1 aromatic rings. The highest BCUT2D eigenvalue weighted by Crippen LogP contribution is 2.22. The van der Waals surface area contributed by atoms with Gasteiger partial charge in [-0.05, 0) is 12.1 Å². The van der Waals surface area contributed by atoms with Crippen LogP contribution in [0.2, 0.25) is 0 Å². The van der Waals surface area contributed by atoms with Gasteiger partial charge < -0.3 is 15.6 Å². The summed E-state index contributed by atoms with van der Waals surface area (Å²) in [5.74, 6) is -1.92. The molecule has 0 bridgehead atoms. The van der Waals surface area contributed by atoms with Crippen LogP contribution in [-0.4, -0.2) is 28.8 Å². The Morgan fingerprint density at radius 1 is 1.50 bits per heavy atom. The number of pyridine rings is 1. The van der Waals surface area contributed by atoms with E-state index in [4.69, 9.17) is 10.8 Å². The highest BCUT2D eigenvalue weighted by atomic mass is 19.4. The molecule has 0 saturated carbocycles. The molecule has 0 saturated heterocycles. The molecular weight excluding hydrogens is 229 g/mol. The number of nitrogens with two attached hydrogens (primary N) is 1. The molecule has 16 heavy (non-hydrogen) atoms. The second-order valence-corrected chi connectivity index (χ2v) is 2.80. The lowest BCUT2D eigenvalue weighted by Gasteiger charge is -2.10. The van der Waals surface area contributed by atoms with E-state index in [-0.39, 0.29) is 5.69 Å². The van der Waals surface area contributed by atoms with Crippen molar-refractivity contribution in [3.63, 3.8) is 0 Å². The summed E-state index contributed by atoms with van der Waals surface area (Å²) in [6.45, 7) is -1.58. The third-order valence-corrected chi connectivity index (χ3v) is 1.48. The van der Waals surface area contributed by atoms with Gasteiger partial charge in [0.05, 0.1) is 5.69 Å². The fourth-order valence-electron chi connectivity index (χ4n) is 0.836. The average molecular weight is 236 g/mol. The molecule has 0 fully saturated rings. The van der Waals surface area contributed by atoms with Crippen molar-refractivity contribution in [1.82, 2.24) is 4.98 Å². The normalized spacial score (nSPS) is 11.2. The van der Waals surface area contributed by atoms with Gasteiger partial charge in [-0.3, -0.25) is 0 Å². The molecule has 0 spiro atoms. The Morgan fingerprint density at radius 2 is 2.12 bits per heavy atom. The maximum absolute atomic E-state index is 11.8. The number of nitrogen functional groups attached to an aromatic ring is 1. The second kappa shape index (κ2) is 4.25. The number of carboxylic acids is 1. The molecule has 1 heterocycles. The summed E-state index contributed by atoms with van der Waals surface area (Å²) in [5, 5.41) is 8.55. The Morgan fingerprint density at radius 3 is 2.62 bits per heavy atom. The van der Waals surface area contributed by atoms with E-state index in [1.807, 2.05) is 0 Å². The monoisotopic (exact) mass is 236 g/mol. The SMILES string of the molecule is Nc1ccc(C(=O)O)nc1OCC(F)(F)F. The third kappa shape index (κ3) is 3.30. The number of aromatic carboxylic acids is 1. The maximum atomic E-state index is 11.8. The Kier molecular flexibility index (Phi) is 3.21. The minimum Gasteiger partial charge on any atom is -0.477 e. The number of carboxylic acid groups (broad SMARTS) is 1. The molecule has 0 aliphatic carbocycles. The number of nitrogens with zero attached hydrogens (tertiary/aromatic N) is 1. The van der Waals surface area contributed by atoms with E-state index in [9.17, 15) is 18.0 Å². The lowest BCUT2D eigenvalue weighted by molar-refractivity contribution is -0.153. The van der Waals surface area contributed by atoms with Crippen LogP contribution in [0, 0.1) is 0 Å². The van der Waals surface area contributed by atoms with Crippen LogP contribution < -0.4 is 10.5 Å². The molecule has 8 heteroatoms. The quantitative estimate of drug-likeness (QED) is 0.826. The summed E-state index contributed by atoms with van der Waals surface area (Å²) in [6.07, 6.45) is -4.53. The minimum absolute atomic E-state index is 0.158. The van der Waals surface area contributed by atoms with Gasteiger partial charge >= 0.3 is 12.1 Å². The first-order chi connectivity index (χ1) is 7.29. The molecule has 0 amide bonds. The summed E-state index contributed by atoms with van der Waals surface area (Å²) in [7, 11) is 0. The van der Waals surface area contributed by atoms with Gasteiger partial charge in [0.1, 0.15) is 0 Å². The van der Waals surface area contributed by atoms with Crippen LogP contribution in [0.5, 0.6) is 5.88 Å². The number of carbonyl (C=O) groups is 1. The van der Waals surface area contributed by atoms with Crippen molar-refractivity contribution < 1.29 is 27.8 Å². The Balaban J connectivity index is 2.86. The lowest BCUT2D eigenvalue weighted by Crippen LogP contribution is -2.20. The predicted molar refractivity (Wildman–Crippen MR) is 47.2 cm³/mol. The first kappa shape index (κ1) is 12.1. The van der Waals surface area contributed by atoms with Gasteiger partial charge in [-0.2, -0.15) is 13.2 Å². The summed E-state index contributed by atoms with van der Waals surface area (Å²) < 4.78 is 39.7. The van der Waals surface area contributed by atoms with Gasteiger partial charge in [-0.1, -0.05) is 0 Å². The topological polar surface area (TPSA) is 85.4 Å². The molecule has 0 radical (unpaired) electrons. The standard InChI is InChI=1S/C8H7F3N2O3/c9-8(10,11)3-16-6-4(12)1-2-5(13-6)7(14)15/h1-2H,3,12H2,(H,14,15). The first-order valence-electron chi connectivity index (χ1n) is 3.99. The zero-order valence-electron chi connectivity index (χ0n) is 7.78. The predicted octanol–water partition coefficient (Wildman–Crippen LogP) is 1.30. The lowest BCUT2D eigenvalue weighted by atomic mass is 10.3. The van der Waals surface area contributed by atoms with E-state index in [2.05, 4.69) is 9.72 Å². The van der Waals surface area contributed by atoms with E-state index in [1.165, 1.54) is 0 Å². The van der Waals surface area contributed by atoms with Crippen molar-refractivity contribution >= 4 is 11.7 Å². The van der Waals surface area contributed by atoms with Crippen molar-refractivity contribution in [3.05, 3.63) is 17.8 Å². The third-order valence-electron chi connectivity index (χ3n) is 1.48. The van der Waals surface area contributed by atoms with Crippen LogP contribution in [0.25, 0.3) is 0 Å². The van der Waals surface area contributed by atoms with Crippen LogP contribution in [0.1, 0.15) is 10.5 Å². The van der Waals surface area contributed by atoms with Crippen molar-refractivity contribution in [1.29, 1.82) is 0 Å². The highest BCUT2D eigenvalue weighted by molar-refractivity contribution is 5.86. The number of hydrogen-bond acceptors (Lipinski definition) is 4. The Bertz CT molecular complexity index is 406. The summed E-state index contributed by atoms with van der Waals surface area (Å²) >= 11 is 0. The smallest absolute Gasteiger partial charge is 0.422 e. The number of alkyl halides is 3. The molecule has 0 aliphatic heterocycles. The summed E-state index contributed by atoms with van der Waals surface area (Å²) in [4.78, 5) is 13.8. The average Bonchev–Trinajstić information content (AvgIpc) is 2.14. The maximum Gasteiger partial charge on any atom is 0.422 e. The van der Waals surface area contributed by atoms with E-state index in [1.54, 1.807) is 0 Å². The molecule has 88 valence electrons. The van der Waals surface area contributed by atoms with Gasteiger partial charge in [0.15, 0.2) is 12.3 Å². The van der Waals surface area contributed by atoms with Crippen molar-refractivity contribution in [2.24, 2.45) is 0 Å². The van der Waals surface area contributed by atoms with E-state index >= 15 is 0 Å². The number of rotatable bonds is 3. The summed E-state index contributed by atoms with van der Waals surface area (Å²) in [6, 6.07) is 2.18. The molecule has 3 N–H and O–H groups in total. The highest BCUT2D eigenvalue weighted by Gasteiger charge is 2.29. The number of aromatic nitrogens is 1. The molecular formula is C8H7F3N2O3. The number of anilines is 1. The van der Waals surface area contributed by atoms with Crippen LogP contribution >= 0.6 is 0 Å². The molecule has 5 nitrogen and oxygen atoms in total. The van der Waals surface area contributed by atoms with Crippen molar-refractivity contribution in [2.45, 2.75) is 6.18 Å². The van der Waals surface area contributed by atoms with Gasteiger partial charge in [-0.25, -0.2) is 9.78 Å². The zero-order chi connectivity index (χ0) is 12.3. The Labute approximate surface area is 87.7 Å². The summed E-state index contributed by atoms with van der Waals surface area (Å²) in [5.41, 5.74) is 4.67. The minimum atomic E-state index is -4.53. The van der Waals surface area contributed by atoms with Crippen molar-refractivity contribution in [3.8, 4) is 5.88 Å². The van der Waals surface area contributed by atoms with Crippen LogP contribution in [-0.2, 0) is 0 Å². The van der Waals surface area contributed by atoms with Crippen LogP contribution in [0.4, 0.5) is 18.9 Å². The zero-order valence-corrected chi connectivity index (χ0v) is 7.78. The molecule has 1 aromatic heterocycles. The van der Waals surface area contributed by atoms with Gasteiger partial charge in [0.2, 0.25) is 5.88 Å². The van der Waals surface area contributed by atoms with Crippen LogP contribution in [0.15, 0.2) is 12.1 Å². The number of hydrogen-bond donors (Lipinski definition) is 2. The number of ether oxygens (including phenoxy) is 1. The van der Waals surface area contributed by atoms with Gasteiger partial charge in [0.25, 0.3) is 0 Å². The molecule has 0 atom stereocenters. The fourth-order valence-corrected chi connectivity index (χ4v) is 0.836. The number of halogens is 3. The van der Waals surface area contributed by atoms with Gasteiger partial charge in [-0.15, -0.1) is 0 Å². The molecule has 0 unspecified atom stereocenters. The van der Waals surface area contributed by atoms with Crippen molar-refractivity contribution in [2.75, 3.05) is 12.3 Å². The second-order valence-electron chi connectivity index (χ2n) is 2.80. The Hall–Kier alpha value is -1.99. The fraction of sp³-hybridized carbons (Fsp3) is 0.250. The van der Waals surface area contributed by atoms with Crippen LogP contribution in [0.3, 0.4) is 0 Å². The van der Waals surface area contributed by atoms with E-state index in [0.717, 1.165) is 12.1 Å². The van der Waals surface area contributed by atoms with Gasteiger partial charge in [0, 0.05) is 0 Å². The molecule has 0 aromatic carbocycles. The molecule has 1 rings (SSSR count). The van der Waals surface area contributed by atoms with E-state index in [0.29, 0.717) is 0 Å². The first-order valence-corrected chi connectivity index (χ1v) is 3.99.